The third-order valence-corrected chi connectivity index (χ3v) is 5.16. The minimum atomic E-state index is -1.19. The first-order valence-corrected chi connectivity index (χ1v) is 8.63. The van der Waals surface area contributed by atoms with Crippen molar-refractivity contribution in [1.29, 1.82) is 0 Å². The third kappa shape index (κ3) is 2.96. The molecule has 0 unspecified atom stereocenters. The Balaban J connectivity index is 1.37. The zero-order valence-corrected chi connectivity index (χ0v) is 14.1. The maximum Gasteiger partial charge on any atom is 0.338 e. The van der Waals surface area contributed by atoms with Crippen LogP contribution in [-0.4, -0.2) is 35.8 Å². The minimum Gasteiger partial charge on any atom is -0.454 e. The molecule has 0 aromatic heterocycles. The normalized spacial score (nSPS) is 24.0. The molecule has 0 radical (unpaired) electrons. The zero-order valence-electron chi connectivity index (χ0n) is 14.1. The maximum absolute atomic E-state index is 12.3. The van der Waals surface area contributed by atoms with Crippen molar-refractivity contribution in [2.75, 3.05) is 6.61 Å². The molecule has 8 heteroatoms. The summed E-state index contributed by atoms with van der Waals surface area (Å²) in [6.07, 6.45) is 1.39. The smallest absolute Gasteiger partial charge is 0.338 e. The average Bonchev–Trinajstić information content (AvgIpc) is 3.29. The number of esters is 1. The summed E-state index contributed by atoms with van der Waals surface area (Å²) in [5, 5.41) is 7.98. The standard InChI is InChI=1S/C18H19N3O5/c22-14(6-18(13-3-4-13)16(24)20-17(25)21-18)9-26-15(23)10-1-2-11-7-19-8-12(11)5-10/h1-2,5,13,19H,3-4,6-9H2,(H2,20,21,24,25)/t18-/m0/s1. The summed E-state index contributed by atoms with van der Waals surface area (Å²) in [6, 6.07) is 4.72. The van der Waals surface area contributed by atoms with E-state index in [1.165, 1.54) is 0 Å². The molecule has 2 aliphatic heterocycles. The van der Waals surface area contributed by atoms with E-state index in [1.807, 2.05) is 6.07 Å². The van der Waals surface area contributed by atoms with Crippen LogP contribution < -0.4 is 16.0 Å². The first-order chi connectivity index (χ1) is 12.5. The SMILES string of the molecule is O=C(COC(=O)c1ccc2c(c1)CNC2)C[C@@]1(C2CC2)NC(=O)NC1=O. The summed E-state index contributed by atoms with van der Waals surface area (Å²) in [6.45, 7) is 1.06. The molecule has 1 saturated carbocycles. The number of imide groups is 1. The minimum absolute atomic E-state index is 0.0437. The van der Waals surface area contributed by atoms with Gasteiger partial charge in [-0.25, -0.2) is 9.59 Å². The van der Waals surface area contributed by atoms with E-state index in [-0.39, 0.29) is 12.3 Å². The molecule has 8 nitrogen and oxygen atoms in total. The molecule has 2 heterocycles. The molecule has 136 valence electrons. The Labute approximate surface area is 149 Å². The Morgan fingerprint density at radius 2 is 1.92 bits per heavy atom. The van der Waals surface area contributed by atoms with Crippen molar-refractivity contribution in [3.63, 3.8) is 0 Å². The third-order valence-electron chi connectivity index (χ3n) is 5.16. The Bertz CT molecular complexity index is 817. The number of nitrogens with one attached hydrogen (secondary N) is 3. The monoisotopic (exact) mass is 357 g/mol. The van der Waals surface area contributed by atoms with Crippen LogP contribution in [0.3, 0.4) is 0 Å². The molecular formula is C18H19N3O5. The van der Waals surface area contributed by atoms with E-state index in [1.54, 1.807) is 12.1 Å². The van der Waals surface area contributed by atoms with Gasteiger partial charge in [0, 0.05) is 19.5 Å². The van der Waals surface area contributed by atoms with Crippen LogP contribution in [0, 0.1) is 5.92 Å². The van der Waals surface area contributed by atoms with Gasteiger partial charge in [0.15, 0.2) is 5.78 Å². The Kier molecular flexibility index (Phi) is 3.99. The molecule has 3 amide bonds. The topological polar surface area (TPSA) is 114 Å². The fourth-order valence-electron chi connectivity index (χ4n) is 3.65. The highest BCUT2D eigenvalue weighted by molar-refractivity contribution is 6.09. The molecule has 2 fully saturated rings. The van der Waals surface area contributed by atoms with Gasteiger partial charge in [0.05, 0.1) is 5.56 Å². The van der Waals surface area contributed by atoms with Crippen LogP contribution >= 0.6 is 0 Å². The lowest BCUT2D eigenvalue weighted by Gasteiger charge is -2.24. The highest BCUT2D eigenvalue weighted by Crippen LogP contribution is 2.43. The number of carbonyl (C=O) groups is 4. The fourth-order valence-corrected chi connectivity index (χ4v) is 3.65. The van der Waals surface area contributed by atoms with Crippen molar-refractivity contribution in [2.24, 2.45) is 5.92 Å². The first-order valence-electron chi connectivity index (χ1n) is 8.63. The second-order valence-electron chi connectivity index (χ2n) is 7.03. The lowest BCUT2D eigenvalue weighted by molar-refractivity contribution is -0.131. The van der Waals surface area contributed by atoms with E-state index >= 15 is 0 Å². The van der Waals surface area contributed by atoms with Crippen molar-refractivity contribution in [2.45, 2.75) is 37.9 Å². The number of fused-ring (bicyclic) bond motifs is 1. The number of ether oxygens (including phenoxy) is 1. The number of ketones is 1. The van der Waals surface area contributed by atoms with Gasteiger partial charge >= 0.3 is 12.0 Å². The summed E-state index contributed by atoms with van der Waals surface area (Å²) in [5.41, 5.74) is 1.39. The van der Waals surface area contributed by atoms with Crippen LogP contribution in [0.4, 0.5) is 4.79 Å². The van der Waals surface area contributed by atoms with E-state index in [9.17, 15) is 19.2 Å². The number of Topliss-reactive ketones (excluding diaryl/α,β-unsaturated/α-hetero) is 1. The van der Waals surface area contributed by atoms with Crippen molar-refractivity contribution in [3.05, 3.63) is 34.9 Å². The quantitative estimate of drug-likeness (QED) is 0.501. The highest BCUT2D eigenvalue weighted by atomic mass is 16.5. The van der Waals surface area contributed by atoms with Gasteiger partial charge in [0.1, 0.15) is 12.1 Å². The summed E-state index contributed by atoms with van der Waals surface area (Å²) in [5.74, 6) is -1.49. The molecule has 0 bridgehead atoms. The summed E-state index contributed by atoms with van der Waals surface area (Å²) in [4.78, 5) is 48.1. The van der Waals surface area contributed by atoms with E-state index in [2.05, 4.69) is 16.0 Å². The van der Waals surface area contributed by atoms with Gasteiger partial charge in [-0.15, -0.1) is 0 Å². The van der Waals surface area contributed by atoms with Crippen LogP contribution in [0.2, 0.25) is 0 Å². The molecular weight excluding hydrogens is 338 g/mol. The van der Waals surface area contributed by atoms with Gasteiger partial charge in [0.2, 0.25) is 0 Å². The first kappa shape index (κ1) is 16.7. The van der Waals surface area contributed by atoms with Gasteiger partial charge in [-0.05, 0) is 42.0 Å². The Morgan fingerprint density at radius 3 is 2.62 bits per heavy atom. The molecule has 1 aromatic carbocycles. The summed E-state index contributed by atoms with van der Waals surface area (Å²) < 4.78 is 5.11. The number of hydrogen-bond donors (Lipinski definition) is 3. The molecule has 3 N–H and O–H groups in total. The van der Waals surface area contributed by atoms with Gasteiger partial charge < -0.3 is 15.4 Å². The van der Waals surface area contributed by atoms with E-state index < -0.39 is 35.8 Å². The predicted molar refractivity (Wildman–Crippen MR) is 89.0 cm³/mol. The van der Waals surface area contributed by atoms with Gasteiger partial charge in [-0.2, -0.15) is 0 Å². The average molecular weight is 357 g/mol. The number of carbonyl (C=O) groups excluding carboxylic acids is 4. The van der Waals surface area contributed by atoms with Gasteiger partial charge in [0.25, 0.3) is 5.91 Å². The number of urea groups is 1. The van der Waals surface area contributed by atoms with Crippen molar-refractivity contribution < 1.29 is 23.9 Å². The van der Waals surface area contributed by atoms with Crippen LogP contribution in [0.25, 0.3) is 0 Å². The van der Waals surface area contributed by atoms with E-state index in [0.717, 1.165) is 30.5 Å². The molecule has 1 atom stereocenters. The number of amides is 3. The highest BCUT2D eigenvalue weighted by Gasteiger charge is 2.56. The predicted octanol–water partition coefficient (Wildman–Crippen LogP) is 0.394. The number of hydrogen-bond acceptors (Lipinski definition) is 6. The maximum atomic E-state index is 12.3. The second-order valence-corrected chi connectivity index (χ2v) is 7.03. The summed E-state index contributed by atoms with van der Waals surface area (Å²) in [7, 11) is 0. The Hall–Kier alpha value is -2.74. The second kappa shape index (κ2) is 6.21. The summed E-state index contributed by atoms with van der Waals surface area (Å²) >= 11 is 0. The molecule has 1 saturated heterocycles. The van der Waals surface area contributed by atoms with Crippen molar-refractivity contribution >= 4 is 23.7 Å². The lowest BCUT2D eigenvalue weighted by Crippen LogP contribution is -2.51. The van der Waals surface area contributed by atoms with E-state index in [4.69, 9.17) is 4.74 Å². The molecule has 3 aliphatic rings. The van der Waals surface area contributed by atoms with Gasteiger partial charge in [-0.3, -0.25) is 14.9 Å². The largest absolute Gasteiger partial charge is 0.454 e. The van der Waals surface area contributed by atoms with Crippen molar-refractivity contribution in [1.82, 2.24) is 16.0 Å². The molecule has 26 heavy (non-hydrogen) atoms. The van der Waals surface area contributed by atoms with E-state index in [0.29, 0.717) is 12.1 Å². The molecule has 1 aromatic rings. The number of rotatable bonds is 6. The van der Waals surface area contributed by atoms with Crippen LogP contribution in [-0.2, 0) is 27.4 Å². The van der Waals surface area contributed by atoms with Crippen LogP contribution in [0.1, 0.15) is 40.7 Å². The van der Waals surface area contributed by atoms with Crippen molar-refractivity contribution in [3.8, 4) is 0 Å². The Morgan fingerprint density at radius 1 is 1.15 bits per heavy atom. The van der Waals surface area contributed by atoms with Gasteiger partial charge in [-0.1, -0.05) is 6.07 Å². The molecule has 0 spiro atoms. The molecule has 1 aliphatic carbocycles. The fraction of sp³-hybridized carbons (Fsp3) is 0.444. The molecule has 4 rings (SSSR count). The van der Waals surface area contributed by atoms with Crippen LogP contribution in [0.5, 0.6) is 0 Å². The lowest BCUT2D eigenvalue weighted by atomic mass is 9.87. The van der Waals surface area contributed by atoms with Crippen LogP contribution in [0.15, 0.2) is 18.2 Å². The zero-order chi connectivity index (χ0) is 18.3. The number of benzene rings is 1.